The smallest absolute Gasteiger partial charge is 0.416 e. The number of carboxylic acid groups (broad SMARTS) is 1. The Hall–Kier alpha value is -2.21. The van der Waals surface area contributed by atoms with Crippen LogP contribution in [0.25, 0.3) is 0 Å². The fraction of sp³-hybridized carbons (Fsp3) is 0.316. The van der Waals surface area contributed by atoms with Crippen molar-refractivity contribution in [3.63, 3.8) is 0 Å². The zero-order valence-corrected chi connectivity index (χ0v) is 14.1. The monoisotopic (exact) mass is 382 g/mol. The van der Waals surface area contributed by atoms with Gasteiger partial charge in [0.05, 0.1) is 16.5 Å². The molecule has 0 saturated heterocycles. The summed E-state index contributed by atoms with van der Waals surface area (Å²) in [7, 11) is 0. The molecule has 7 heteroatoms. The minimum absolute atomic E-state index is 0.0555. The highest BCUT2D eigenvalue weighted by molar-refractivity contribution is 6.32. The quantitative estimate of drug-likeness (QED) is 0.761. The van der Waals surface area contributed by atoms with E-state index in [-0.39, 0.29) is 28.5 Å². The van der Waals surface area contributed by atoms with Crippen molar-refractivity contribution in [1.82, 2.24) is 0 Å². The molecule has 0 aromatic heterocycles. The van der Waals surface area contributed by atoms with Crippen LogP contribution in [0.5, 0.6) is 11.5 Å². The van der Waals surface area contributed by atoms with Gasteiger partial charge in [-0.05, 0) is 60.2 Å². The number of rotatable bonds is 3. The number of carbonyl (C=O) groups is 1. The second-order valence-corrected chi connectivity index (χ2v) is 7.11. The summed E-state index contributed by atoms with van der Waals surface area (Å²) in [6, 6.07) is 8.32. The number of hydrogen-bond acceptors (Lipinski definition) is 2. The molecule has 2 aromatic carbocycles. The number of halogens is 4. The molecule has 1 N–H and O–H groups in total. The molecular formula is C19H14ClF3O3. The van der Waals surface area contributed by atoms with Crippen LogP contribution in [0.15, 0.2) is 36.4 Å². The average molecular weight is 383 g/mol. The van der Waals surface area contributed by atoms with Crippen molar-refractivity contribution in [2.24, 2.45) is 11.8 Å². The maximum atomic E-state index is 12.7. The van der Waals surface area contributed by atoms with E-state index in [9.17, 15) is 23.1 Å². The molecular weight excluding hydrogens is 369 g/mol. The molecule has 26 heavy (non-hydrogen) atoms. The van der Waals surface area contributed by atoms with Crippen LogP contribution >= 0.6 is 11.6 Å². The minimum atomic E-state index is -4.46. The molecule has 3 atom stereocenters. The molecule has 0 unspecified atom stereocenters. The third-order valence-electron chi connectivity index (χ3n) is 5.16. The van der Waals surface area contributed by atoms with Crippen molar-refractivity contribution in [2.45, 2.75) is 24.9 Å². The van der Waals surface area contributed by atoms with Crippen molar-refractivity contribution in [3.8, 4) is 11.5 Å². The summed E-state index contributed by atoms with van der Waals surface area (Å²) in [6.45, 7) is 0. The zero-order chi connectivity index (χ0) is 18.6. The Balaban J connectivity index is 1.57. The summed E-state index contributed by atoms with van der Waals surface area (Å²) in [4.78, 5) is 11.3. The van der Waals surface area contributed by atoms with E-state index in [2.05, 4.69) is 0 Å². The lowest BCUT2D eigenvalue weighted by Gasteiger charge is -2.17. The topological polar surface area (TPSA) is 46.5 Å². The summed E-state index contributed by atoms with van der Waals surface area (Å²) in [6.07, 6.45) is -2.88. The summed E-state index contributed by atoms with van der Waals surface area (Å²) >= 11 is 5.92. The summed E-state index contributed by atoms with van der Waals surface area (Å²) in [5, 5.41) is 9.13. The van der Waals surface area contributed by atoms with Gasteiger partial charge in [0, 0.05) is 5.92 Å². The zero-order valence-electron chi connectivity index (χ0n) is 13.4. The lowest BCUT2D eigenvalue weighted by Crippen LogP contribution is -2.04. The summed E-state index contributed by atoms with van der Waals surface area (Å²) in [5.74, 6) is -0.201. The van der Waals surface area contributed by atoms with E-state index in [0.29, 0.717) is 5.75 Å². The molecule has 2 aliphatic carbocycles. The van der Waals surface area contributed by atoms with Gasteiger partial charge in [0.15, 0.2) is 0 Å². The maximum absolute atomic E-state index is 12.7. The van der Waals surface area contributed by atoms with Gasteiger partial charge in [-0.3, -0.25) is 4.79 Å². The average Bonchev–Trinajstić information content (AvgIpc) is 3.30. The van der Waals surface area contributed by atoms with E-state index in [4.69, 9.17) is 16.3 Å². The number of aryl methyl sites for hydroxylation is 1. The molecule has 1 fully saturated rings. The lowest BCUT2D eigenvalue weighted by atomic mass is 9.91. The predicted molar refractivity (Wildman–Crippen MR) is 88.6 cm³/mol. The Bertz CT molecular complexity index is 894. The van der Waals surface area contributed by atoms with Gasteiger partial charge in [-0.25, -0.2) is 0 Å². The number of alkyl halides is 3. The first-order chi connectivity index (χ1) is 12.3. The van der Waals surface area contributed by atoms with Gasteiger partial charge in [0.1, 0.15) is 11.5 Å². The highest BCUT2D eigenvalue weighted by atomic mass is 35.5. The Kier molecular flexibility index (Phi) is 3.91. The van der Waals surface area contributed by atoms with Crippen molar-refractivity contribution < 1.29 is 27.8 Å². The summed E-state index contributed by atoms with van der Waals surface area (Å²) < 4.78 is 43.8. The third-order valence-corrected chi connectivity index (χ3v) is 5.46. The first-order valence-electron chi connectivity index (χ1n) is 8.16. The first-order valence-corrected chi connectivity index (χ1v) is 8.54. The Morgan fingerprint density at radius 3 is 2.62 bits per heavy atom. The van der Waals surface area contributed by atoms with Gasteiger partial charge in [-0.2, -0.15) is 13.2 Å². The van der Waals surface area contributed by atoms with E-state index >= 15 is 0 Å². The van der Waals surface area contributed by atoms with Gasteiger partial charge in [-0.1, -0.05) is 17.7 Å². The fourth-order valence-electron chi connectivity index (χ4n) is 3.89. The van der Waals surface area contributed by atoms with Gasteiger partial charge in [-0.15, -0.1) is 0 Å². The van der Waals surface area contributed by atoms with Gasteiger partial charge in [0.2, 0.25) is 0 Å². The molecule has 2 aromatic rings. The molecule has 0 spiro atoms. The highest BCUT2D eigenvalue weighted by Gasteiger charge is 2.57. The Morgan fingerprint density at radius 2 is 1.96 bits per heavy atom. The van der Waals surface area contributed by atoms with Crippen molar-refractivity contribution in [2.75, 3.05) is 0 Å². The molecule has 0 amide bonds. The highest BCUT2D eigenvalue weighted by Crippen LogP contribution is 2.60. The van der Waals surface area contributed by atoms with Crippen LogP contribution in [-0.2, 0) is 17.4 Å². The van der Waals surface area contributed by atoms with Crippen LogP contribution in [-0.4, -0.2) is 11.1 Å². The van der Waals surface area contributed by atoms with Crippen LogP contribution < -0.4 is 4.74 Å². The third kappa shape index (κ3) is 2.92. The predicted octanol–water partition coefficient (Wildman–Crippen LogP) is 5.51. The van der Waals surface area contributed by atoms with Crippen molar-refractivity contribution in [1.29, 1.82) is 0 Å². The number of fused-ring (bicyclic) bond motifs is 3. The maximum Gasteiger partial charge on any atom is 0.416 e. The molecule has 136 valence electrons. The number of carboxylic acids is 1. The summed E-state index contributed by atoms with van der Waals surface area (Å²) in [5.41, 5.74) is 1.22. The Labute approximate surface area is 152 Å². The molecule has 0 heterocycles. The van der Waals surface area contributed by atoms with E-state index in [1.807, 2.05) is 12.1 Å². The molecule has 0 bridgehead atoms. The van der Waals surface area contributed by atoms with E-state index in [0.717, 1.165) is 36.1 Å². The molecule has 4 rings (SSSR count). The van der Waals surface area contributed by atoms with Crippen molar-refractivity contribution in [3.05, 3.63) is 58.1 Å². The van der Waals surface area contributed by atoms with Gasteiger partial charge in [0.25, 0.3) is 0 Å². The van der Waals surface area contributed by atoms with Crippen LogP contribution in [0.2, 0.25) is 5.02 Å². The number of ether oxygens (including phenoxy) is 1. The number of hydrogen-bond donors (Lipinski definition) is 1. The second-order valence-electron chi connectivity index (χ2n) is 6.70. The lowest BCUT2D eigenvalue weighted by molar-refractivity contribution is -0.139. The van der Waals surface area contributed by atoms with Crippen LogP contribution in [0.3, 0.4) is 0 Å². The fourth-order valence-corrected chi connectivity index (χ4v) is 4.11. The van der Waals surface area contributed by atoms with Crippen LogP contribution in [0.4, 0.5) is 13.2 Å². The van der Waals surface area contributed by atoms with Crippen LogP contribution in [0, 0.1) is 11.8 Å². The van der Waals surface area contributed by atoms with Crippen LogP contribution in [0.1, 0.15) is 29.0 Å². The van der Waals surface area contributed by atoms with E-state index in [1.54, 1.807) is 6.07 Å². The normalized spacial score (nSPS) is 23.8. The largest absolute Gasteiger partial charge is 0.481 e. The number of benzene rings is 2. The van der Waals surface area contributed by atoms with Crippen molar-refractivity contribution >= 4 is 17.6 Å². The first kappa shape index (κ1) is 17.2. The van der Waals surface area contributed by atoms with E-state index < -0.39 is 17.7 Å². The number of aliphatic carboxylic acids is 1. The van der Waals surface area contributed by atoms with Gasteiger partial charge >= 0.3 is 12.1 Å². The minimum Gasteiger partial charge on any atom is -0.481 e. The molecule has 0 radical (unpaired) electrons. The van der Waals surface area contributed by atoms with Gasteiger partial charge < -0.3 is 9.84 Å². The molecule has 0 aliphatic heterocycles. The molecule has 2 aliphatic rings. The Morgan fingerprint density at radius 1 is 1.19 bits per heavy atom. The standard InChI is InChI=1S/C19H14ClF3O3/c20-14-8-10(19(21,22)23)2-6-15(14)26-11-3-5-12-9(7-11)1-4-13-16(12)17(13)18(24)25/h2-3,5-8,13,16-17H,1,4H2,(H,24,25)/t13-,16+,17+/m1/s1. The second kappa shape index (κ2) is 5.91. The molecule has 1 saturated carbocycles. The van der Waals surface area contributed by atoms with E-state index in [1.165, 1.54) is 6.07 Å². The SMILES string of the molecule is O=C(O)[C@H]1[C@@H]2CCc3cc(Oc4ccc(C(F)(F)F)cc4Cl)ccc3[C@@H]21. The molecule has 3 nitrogen and oxygen atoms in total.